The number of hydrogen-bond donors (Lipinski definition) is 0. The first-order valence-electron chi connectivity index (χ1n) is 18.9. The minimum atomic E-state index is -0.528. The van der Waals surface area contributed by atoms with Crippen LogP contribution in [0.25, 0.3) is 33.8 Å². The predicted octanol–water partition coefficient (Wildman–Crippen LogP) is 10.4. The number of rotatable bonds is 11. The van der Waals surface area contributed by atoms with E-state index < -0.39 is 10.8 Å². The number of carbonyl (C=O) groups is 1. The molecule has 0 unspecified atom stereocenters. The van der Waals surface area contributed by atoms with Crippen LogP contribution in [0, 0.1) is 0 Å². The van der Waals surface area contributed by atoms with Crippen LogP contribution in [-0.2, 0) is 25.8 Å². The first kappa shape index (κ1) is 32.5. The summed E-state index contributed by atoms with van der Waals surface area (Å²) in [5.74, 6) is -0.163. The third-order valence-electron chi connectivity index (χ3n) is 12.3. The number of unbranched alkanes of at least 4 members (excludes halogenated alkanes) is 1. The standard InChI is InChI=1S/C47H43N3O2/c1-3-5-25-45(35-18-9-6-15-32(35)42-38(45)21-12-27-48-42)30-47(37-20-11-8-17-34(37)44-40(47)23-14-29-50-44)31-46(26-24-41(51)52-4-2)36-19-10-7-16-33(36)43-39(46)22-13-28-49-43/h6-23,27-29H,3-5,24-26,30-31H2,1-2H3/t45-,46+,47-/m1/s1. The topological polar surface area (TPSA) is 65.0 Å². The van der Waals surface area contributed by atoms with Crippen molar-refractivity contribution in [2.24, 2.45) is 0 Å². The van der Waals surface area contributed by atoms with E-state index in [1.807, 2.05) is 25.5 Å². The number of ether oxygens (including phenoxy) is 1. The zero-order valence-corrected chi connectivity index (χ0v) is 29.9. The molecule has 52 heavy (non-hydrogen) atoms. The lowest BCUT2D eigenvalue weighted by Crippen LogP contribution is -2.43. The van der Waals surface area contributed by atoms with Gasteiger partial charge in [0.2, 0.25) is 0 Å². The highest BCUT2D eigenvalue weighted by atomic mass is 16.5. The second-order valence-corrected chi connectivity index (χ2v) is 14.8. The maximum atomic E-state index is 13.3. The molecule has 3 aliphatic carbocycles. The molecule has 3 atom stereocenters. The molecule has 5 nitrogen and oxygen atoms in total. The molecule has 0 amide bonds. The summed E-state index contributed by atoms with van der Waals surface area (Å²) in [6.45, 7) is 4.54. The SMILES string of the molecule is CCCC[C@@]1(C[C@@]2(C[C@@]3(CCC(=O)OCC)c4ccccc4-c4ncccc43)c3ccccc3-c3ncccc32)c2ccccc2-c2ncccc21. The molecule has 0 saturated heterocycles. The van der Waals surface area contributed by atoms with Crippen molar-refractivity contribution in [3.63, 3.8) is 0 Å². The molecule has 0 bridgehead atoms. The summed E-state index contributed by atoms with van der Waals surface area (Å²) in [4.78, 5) is 28.6. The average molecular weight is 682 g/mol. The lowest BCUT2D eigenvalue weighted by Gasteiger charge is -2.47. The molecule has 6 aromatic rings. The number of aromatic nitrogens is 3. The van der Waals surface area contributed by atoms with Gasteiger partial charge >= 0.3 is 5.97 Å². The first-order valence-corrected chi connectivity index (χ1v) is 18.9. The van der Waals surface area contributed by atoms with E-state index in [-0.39, 0.29) is 11.4 Å². The van der Waals surface area contributed by atoms with Crippen molar-refractivity contribution in [1.82, 2.24) is 15.0 Å². The van der Waals surface area contributed by atoms with E-state index in [1.165, 1.54) is 44.5 Å². The van der Waals surface area contributed by atoms with Crippen LogP contribution in [0.4, 0.5) is 0 Å². The van der Waals surface area contributed by atoms with Gasteiger partial charge in [-0.2, -0.15) is 0 Å². The van der Waals surface area contributed by atoms with Crippen LogP contribution in [0.2, 0.25) is 0 Å². The van der Waals surface area contributed by atoms with Gasteiger partial charge in [0.05, 0.1) is 23.7 Å². The number of carbonyl (C=O) groups excluding carboxylic acids is 1. The molecule has 0 radical (unpaired) electrons. The van der Waals surface area contributed by atoms with Gasteiger partial charge in [-0.1, -0.05) is 111 Å². The molecule has 5 heteroatoms. The van der Waals surface area contributed by atoms with Gasteiger partial charge in [0, 0.05) is 57.9 Å². The molecule has 0 saturated carbocycles. The van der Waals surface area contributed by atoms with Crippen LogP contribution in [0.5, 0.6) is 0 Å². The molecule has 9 rings (SSSR count). The predicted molar refractivity (Wildman–Crippen MR) is 206 cm³/mol. The largest absolute Gasteiger partial charge is 0.466 e. The van der Waals surface area contributed by atoms with E-state index in [1.54, 1.807) is 0 Å². The highest BCUT2D eigenvalue weighted by Gasteiger charge is 2.58. The summed E-state index contributed by atoms with van der Waals surface area (Å²) >= 11 is 0. The fourth-order valence-electron chi connectivity index (χ4n) is 10.4. The van der Waals surface area contributed by atoms with Gasteiger partial charge in [-0.05, 0) is 84.2 Å². The molecule has 258 valence electrons. The Bertz CT molecular complexity index is 2190. The van der Waals surface area contributed by atoms with Crippen LogP contribution < -0.4 is 0 Å². The van der Waals surface area contributed by atoms with Crippen molar-refractivity contribution in [3.05, 3.63) is 161 Å². The Morgan fingerprint density at radius 1 is 0.519 bits per heavy atom. The number of hydrogen-bond acceptors (Lipinski definition) is 5. The molecule has 0 spiro atoms. The number of esters is 1. The summed E-state index contributed by atoms with van der Waals surface area (Å²) in [7, 11) is 0. The summed E-state index contributed by atoms with van der Waals surface area (Å²) in [5, 5.41) is 0. The zero-order valence-electron chi connectivity index (χ0n) is 29.9. The lowest BCUT2D eigenvalue weighted by atomic mass is 9.55. The van der Waals surface area contributed by atoms with Crippen molar-refractivity contribution in [1.29, 1.82) is 0 Å². The third-order valence-corrected chi connectivity index (χ3v) is 12.3. The second kappa shape index (κ2) is 12.7. The highest BCUT2D eigenvalue weighted by molar-refractivity contribution is 5.84. The lowest BCUT2D eigenvalue weighted by molar-refractivity contribution is -0.143. The van der Waals surface area contributed by atoms with Crippen molar-refractivity contribution < 1.29 is 9.53 Å². The fraction of sp³-hybridized carbons (Fsp3) is 0.277. The Kier molecular flexibility index (Phi) is 7.91. The molecule has 0 N–H and O–H groups in total. The number of benzene rings is 3. The monoisotopic (exact) mass is 681 g/mol. The minimum absolute atomic E-state index is 0.163. The second-order valence-electron chi connectivity index (χ2n) is 14.8. The van der Waals surface area contributed by atoms with Crippen LogP contribution in [0.15, 0.2) is 128 Å². The van der Waals surface area contributed by atoms with E-state index in [0.717, 1.165) is 54.7 Å². The van der Waals surface area contributed by atoms with Gasteiger partial charge in [0.15, 0.2) is 0 Å². The summed E-state index contributed by atoms with van der Waals surface area (Å²) in [6.07, 6.45) is 11.5. The Morgan fingerprint density at radius 2 is 0.923 bits per heavy atom. The number of nitrogens with zero attached hydrogens (tertiary/aromatic N) is 3. The van der Waals surface area contributed by atoms with Gasteiger partial charge in [0.1, 0.15) is 0 Å². The Labute approximate surface area is 306 Å². The Morgan fingerprint density at radius 3 is 1.38 bits per heavy atom. The van der Waals surface area contributed by atoms with E-state index >= 15 is 0 Å². The summed E-state index contributed by atoms with van der Waals surface area (Å²) < 4.78 is 5.60. The quantitative estimate of drug-likeness (QED) is 0.127. The highest BCUT2D eigenvalue weighted by Crippen LogP contribution is 2.65. The molecule has 3 heterocycles. The minimum Gasteiger partial charge on any atom is -0.466 e. The van der Waals surface area contributed by atoms with E-state index in [4.69, 9.17) is 19.7 Å². The van der Waals surface area contributed by atoms with Crippen LogP contribution in [0.1, 0.15) is 92.2 Å². The molecular weight excluding hydrogens is 639 g/mol. The fourth-order valence-corrected chi connectivity index (χ4v) is 10.4. The maximum Gasteiger partial charge on any atom is 0.305 e. The normalized spacial score (nSPS) is 21.4. The molecule has 0 fully saturated rings. The third kappa shape index (κ3) is 4.67. The van der Waals surface area contributed by atoms with Gasteiger partial charge in [-0.25, -0.2) is 0 Å². The van der Waals surface area contributed by atoms with Crippen LogP contribution in [0.3, 0.4) is 0 Å². The number of pyridine rings is 3. The van der Waals surface area contributed by atoms with Crippen molar-refractivity contribution in [2.75, 3.05) is 6.61 Å². The maximum absolute atomic E-state index is 13.3. The van der Waals surface area contributed by atoms with Crippen molar-refractivity contribution in [3.8, 4) is 33.8 Å². The van der Waals surface area contributed by atoms with Gasteiger partial charge in [-0.15, -0.1) is 0 Å². The summed E-state index contributed by atoms with van der Waals surface area (Å²) in [6, 6.07) is 39.8. The zero-order chi connectivity index (χ0) is 35.3. The van der Waals surface area contributed by atoms with Crippen LogP contribution >= 0.6 is 0 Å². The first-order chi connectivity index (χ1) is 25.6. The van der Waals surface area contributed by atoms with Crippen molar-refractivity contribution >= 4 is 5.97 Å². The number of fused-ring (bicyclic) bond motifs is 9. The van der Waals surface area contributed by atoms with Crippen molar-refractivity contribution in [2.45, 2.75) is 75.0 Å². The van der Waals surface area contributed by atoms with Gasteiger partial charge in [-0.3, -0.25) is 19.7 Å². The Hall–Kier alpha value is -5.42. The smallest absolute Gasteiger partial charge is 0.305 e. The van der Waals surface area contributed by atoms with E-state index in [9.17, 15) is 4.79 Å². The average Bonchev–Trinajstić information content (AvgIpc) is 3.74. The molecule has 3 aromatic carbocycles. The molecular formula is C47H43N3O2. The van der Waals surface area contributed by atoms with E-state index in [0.29, 0.717) is 19.4 Å². The summed E-state index contributed by atoms with van der Waals surface area (Å²) in [5.41, 5.74) is 13.1. The Balaban J connectivity index is 1.35. The van der Waals surface area contributed by atoms with Crippen LogP contribution in [-0.4, -0.2) is 27.5 Å². The van der Waals surface area contributed by atoms with E-state index in [2.05, 4.69) is 116 Å². The van der Waals surface area contributed by atoms with Gasteiger partial charge < -0.3 is 4.74 Å². The molecule has 3 aromatic heterocycles. The van der Waals surface area contributed by atoms with Gasteiger partial charge in [0.25, 0.3) is 0 Å². The molecule has 3 aliphatic rings. The molecule has 0 aliphatic heterocycles.